The summed E-state index contributed by atoms with van der Waals surface area (Å²) in [5.74, 6) is 0.0813. The fraction of sp³-hybridized carbons (Fsp3) is 0.188. The van der Waals surface area contributed by atoms with E-state index >= 15 is 0 Å². The third-order valence-corrected chi connectivity index (χ3v) is 3.12. The van der Waals surface area contributed by atoms with E-state index in [1.165, 1.54) is 11.7 Å². The molecule has 0 aliphatic rings. The Balaban J connectivity index is 2.16. The normalized spacial score (nSPS) is 10.8. The van der Waals surface area contributed by atoms with Crippen LogP contribution in [0.25, 0.3) is 16.7 Å². The average Bonchev–Trinajstić information content (AvgIpc) is 2.83. The molecule has 0 aliphatic carbocycles. The van der Waals surface area contributed by atoms with Crippen LogP contribution in [0.2, 0.25) is 0 Å². The molecule has 1 heterocycles. The van der Waals surface area contributed by atoms with E-state index in [0.717, 1.165) is 22.2 Å². The number of aryl methyl sites for hydroxylation is 2. The highest BCUT2D eigenvalue weighted by molar-refractivity contribution is 5.75. The minimum atomic E-state index is -0.368. The van der Waals surface area contributed by atoms with Crippen LogP contribution in [0.15, 0.2) is 36.4 Å². The van der Waals surface area contributed by atoms with Gasteiger partial charge in [0.1, 0.15) is 16.7 Å². The lowest BCUT2D eigenvalue weighted by molar-refractivity contribution is -0.131. The second-order valence-corrected chi connectivity index (χ2v) is 5.05. The number of carbonyl (C=O) groups is 1. The molecule has 0 saturated heterocycles. The lowest BCUT2D eigenvalue weighted by Crippen LogP contribution is -2.07. The quantitative estimate of drug-likeness (QED) is 0.535. The van der Waals surface area contributed by atoms with Gasteiger partial charge in [-0.3, -0.25) is 4.79 Å². The smallest absolute Gasteiger partial charge is 0.308 e. The van der Waals surface area contributed by atoms with E-state index in [2.05, 4.69) is 10.2 Å². The van der Waals surface area contributed by atoms with Crippen molar-refractivity contribution in [2.75, 3.05) is 0 Å². The predicted molar refractivity (Wildman–Crippen MR) is 79.6 cm³/mol. The van der Waals surface area contributed by atoms with Crippen LogP contribution in [0.5, 0.6) is 5.75 Å². The van der Waals surface area contributed by atoms with Crippen LogP contribution in [0.3, 0.4) is 0 Å². The van der Waals surface area contributed by atoms with E-state index in [1.807, 2.05) is 44.2 Å². The van der Waals surface area contributed by atoms with Crippen molar-refractivity contribution in [1.29, 1.82) is 0 Å². The molecule has 0 atom stereocenters. The summed E-state index contributed by atoms with van der Waals surface area (Å²) in [6.45, 7) is 5.35. The Kier molecular flexibility index (Phi) is 3.17. The van der Waals surface area contributed by atoms with E-state index in [-0.39, 0.29) is 5.97 Å². The summed E-state index contributed by atoms with van der Waals surface area (Å²) in [7, 11) is 0. The number of carbonyl (C=O) groups excluding carboxylic acids is 1. The van der Waals surface area contributed by atoms with Crippen LogP contribution in [-0.4, -0.2) is 21.0 Å². The van der Waals surface area contributed by atoms with Crippen molar-refractivity contribution in [2.24, 2.45) is 0 Å². The van der Waals surface area contributed by atoms with Crippen LogP contribution in [0.1, 0.15) is 18.1 Å². The van der Waals surface area contributed by atoms with Gasteiger partial charge in [-0.2, -0.15) is 0 Å². The Hall–Kier alpha value is -2.69. The number of fused-ring (bicyclic) bond motifs is 1. The lowest BCUT2D eigenvalue weighted by Gasteiger charge is -2.08. The first-order valence-electron chi connectivity index (χ1n) is 6.66. The van der Waals surface area contributed by atoms with Crippen LogP contribution < -0.4 is 4.74 Å². The zero-order valence-corrected chi connectivity index (χ0v) is 12.1. The number of nitrogens with zero attached hydrogens (tertiary/aromatic N) is 3. The minimum Gasteiger partial charge on any atom is -0.424 e. The van der Waals surface area contributed by atoms with Crippen molar-refractivity contribution in [3.05, 3.63) is 47.5 Å². The molecule has 0 N–H and O–H groups in total. The number of hydrogen-bond acceptors (Lipinski definition) is 4. The number of esters is 1. The third kappa shape index (κ3) is 2.63. The molecule has 21 heavy (non-hydrogen) atoms. The molecule has 0 radical (unpaired) electrons. The van der Waals surface area contributed by atoms with Crippen molar-refractivity contribution in [2.45, 2.75) is 20.8 Å². The van der Waals surface area contributed by atoms with Crippen molar-refractivity contribution in [3.63, 3.8) is 0 Å². The Morgan fingerprint density at radius 2 is 1.67 bits per heavy atom. The molecule has 0 unspecified atom stereocenters. The summed E-state index contributed by atoms with van der Waals surface area (Å²) in [5.41, 5.74) is 4.43. The molecule has 0 spiro atoms. The van der Waals surface area contributed by atoms with Crippen LogP contribution in [-0.2, 0) is 4.79 Å². The van der Waals surface area contributed by atoms with Gasteiger partial charge in [0.25, 0.3) is 0 Å². The molecule has 1 aromatic heterocycles. The van der Waals surface area contributed by atoms with Crippen LogP contribution in [0.4, 0.5) is 0 Å². The van der Waals surface area contributed by atoms with Gasteiger partial charge in [0.15, 0.2) is 5.75 Å². The molecule has 0 saturated carbocycles. The number of rotatable bonds is 2. The number of hydrogen-bond donors (Lipinski definition) is 0. The first-order valence-corrected chi connectivity index (χ1v) is 6.66. The monoisotopic (exact) mass is 281 g/mol. The van der Waals surface area contributed by atoms with Gasteiger partial charge in [-0.1, -0.05) is 12.1 Å². The largest absolute Gasteiger partial charge is 0.424 e. The maximum atomic E-state index is 11.2. The van der Waals surface area contributed by atoms with Gasteiger partial charge in [-0.25, -0.2) is 0 Å². The number of benzene rings is 2. The van der Waals surface area contributed by atoms with E-state index in [1.54, 1.807) is 6.07 Å². The maximum absolute atomic E-state index is 11.2. The van der Waals surface area contributed by atoms with E-state index in [0.29, 0.717) is 11.4 Å². The Morgan fingerprint density at radius 1 is 1.00 bits per heavy atom. The Bertz CT molecular complexity index is 837. The molecule has 3 aromatic rings. The fourth-order valence-electron chi connectivity index (χ4n) is 2.16. The molecular formula is C16H15N3O2. The molecule has 0 bridgehead atoms. The van der Waals surface area contributed by atoms with Crippen molar-refractivity contribution in [3.8, 4) is 11.4 Å². The summed E-state index contributed by atoms with van der Waals surface area (Å²) in [6, 6.07) is 11.4. The molecule has 2 aromatic carbocycles. The summed E-state index contributed by atoms with van der Waals surface area (Å²) < 4.78 is 5.23. The lowest BCUT2D eigenvalue weighted by atomic mass is 10.2. The summed E-state index contributed by atoms with van der Waals surface area (Å²) in [5, 5.41) is 8.91. The standard InChI is InChI=1S/C16H15N3O2/c1-10-4-6-13-14(8-10)18-19(17-13)15-9-11(2)5-7-16(15)21-12(3)20/h4-9H,1-3H3. The highest BCUT2D eigenvalue weighted by Gasteiger charge is 2.12. The minimum absolute atomic E-state index is 0.368. The number of ether oxygens (including phenoxy) is 1. The first-order chi connectivity index (χ1) is 10.0. The third-order valence-electron chi connectivity index (χ3n) is 3.12. The summed E-state index contributed by atoms with van der Waals surface area (Å²) in [6.07, 6.45) is 0. The topological polar surface area (TPSA) is 57.0 Å². The van der Waals surface area contributed by atoms with E-state index < -0.39 is 0 Å². The molecule has 0 aliphatic heterocycles. The molecular weight excluding hydrogens is 266 g/mol. The van der Waals surface area contributed by atoms with Crippen LogP contribution in [0, 0.1) is 13.8 Å². The van der Waals surface area contributed by atoms with Gasteiger partial charge in [-0.05, 0) is 49.2 Å². The highest BCUT2D eigenvalue weighted by Crippen LogP contribution is 2.24. The second-order valence-electron chi connectivity index (χ2n) is 5.05. The number of aromatic nitrogens is 3. The summed E-state index contributed by atoms with van der Waals surface area (Å²) in [4.78, 5) is 12.7. The van der Waals surface area contributed by atoms with Gasteiger partial charge in [0.05, 0.1) is 0 Å². The highest BCUT2D eigenvalue weighted by atomic mass is 16.5. The SMILES string of the molecule is CC(=O)Oc1ccc(C)cc1-n1nc2ccc(C)cc2n1. The van der Waals surface area contributed by atoms with Gasteiger partial charge < -0.3 is 4.74 Å². The van der Waals surface area contributed by atoms with Crippen LogP contribution >= 0.6 is 0 Å². The van der Waals surface area contributed by atoms with Gasteiger partial charge in [0, 0.05) is 6.92 Å². The fourth-order valence-corrected chi connectivity index (χ4v) is 2.16. The summed E-state index contributed by atoms with van der Waals surface area (Å²) >= 11 is 0. The predicted octanol–water partition coefficient (Wildman–Crippen LogP) is 2.96. The average molecular weight is 281 g/mol. The van der Waals surface area contributed by atoms with Crippen molar-refractivity contribution in [1.82, 2.24) is 15.0 Å². The van der Waals surface area contributed by atoms with E-state index in [9.17, 15) is 4.79 Å². The van der Waals surface area contributed by atoms with Crippen molar-refractivity contribution >= 4 is 17.0 Å². The maximum Gasteiger partial charge on any atom is 0.308 e. The molecule has 106 valence electrons. The van der Waals surface area contributed by atoms with Gasteiger partial charge >= 0.3 is 5.97 Å². The first kappa shape index (κ1) is 13.3. The molecule has 0 amide bonds. The van der Waals surface area contributed by atoms with Crippen molar-refractivity contribution < 1.29 is 9.53 Å². The van der Waals surface area contributed by atoms with Gasteiger partial charge in [-0.15, -0.1) is 15.0 Å². The molecule has 0 fully saturated rings. The van der Waals surface area contributed by atoms with Gasteiger partial charge in [0.2, 0.25) is 0 Å². The zero-order valence-electron chi connectivity index (χ0n) is 12.1. The Morgan fingerprint density at radius 3 is 2.43 bits per heavy atom. The zero-order chi connectivity index (χ0) is 15.0. The molecule has 5 heteroatoms. The van der Waals surface area contributed by atoms with E-state index in [4.69, 9.17) is 4.74 Å². The molecule has 5 nitrogen and oxygen atoms in total. The second kappa shape index (κ2) is 5.01. The Labute approximate surface area is 122 Å². The molecule has 3 rings (SSSR count).